The van der Waals surface area contributed by atoms with Gasteiger partial charge in [-0.2, -0.15) is 0 Å². The molecule has 63 heavy (non-hydrogen) atoms. The first-order valence-corrected chi connectivity index (χ1v) is 22.2. The molecule has 2 nitrogen and oxygen atoms in total. The second-order valence-corrected chi connectivity index (χ2v) is 17.1. The molecule has 0 aliphatic heterocycles. The van der Waals surface area contributed by atoms with Gasteiger partial charge in [-0.05, 0) is 98.6 Å². The van der Waals surface area contributed by atoms with Crippen molar-refractivity contribution in [1.29, 1.82) is 0 Å². The number of anilines is 3. The van der Waals surface area contributed by atoms with Crippen molar-refractivity contribution in [3.8, 4) is 55.6 Å². The molecule has 0 amide bonds. The Morgan fingerprint density at radius 3 is 1.51 bits per heavy atom. The first-order chi connectivity index (χ1) is 31.2. The Balaban J connectivity index is 1.10. The largest absolute Gasteiger partial charge is 0.455 e. The van der Waals surface area contributed by atoms with Crippen LogP contribution in [0.1, 0.15) is 0 Å². The highest BCUT2D eigenvalue weighted by Gasteiger charge is 2.25. The van der Waals surface area contributed by atoms with E-state index in [9.17, 15) is 0 Å². The summed E-state index contributed by atoms with van der Waals surface area (Å²) in [6.07, 6.45) is 0. The van der Waals surface area contributed by atoms with Gasteiger partial charge in [0.05, 0.1) is 21.5 Å². The molecule has 0 spiro atoms. The molecule has 0 saturated heterocycles. The van der Waals surface area contributed by atoms with Crippen molar-refractivity contribution >= 4 is 70.5 Å². The quantitative estimate of drug-likeness (QED) is 0.152. The molecule has 0 unspecified atom stereocenters. The van der Waals surface area contributed by atoms with E-state index in [0.717, 1.165) is 72.4 Å². The maximum absolute atomic E-state index is 7.07. The third kappa shape index (κ3) is 6.58. The lowest BCUT2D eigenvalue weighted by Gasteiger charge is -2.27. The fourth-order valence-electron chi connectivity index (χ4n) is 9.19. The summed E-state index contributed by atoms with van der Waals surface area (Å²) in [6, 6.07) is 85.2. The number of fused-ring (bicyclic) bond motifs is 6. The van der Waals surface area contributed by atoms with Crippen molar-refractivity contribution in [2.24, 2.45) is 0 Å². The standard InChI is InChI=1S/C60H39NOS/c1-5-15-40(16-6-1)43-27-29-44(30-28-43)46-23-13-24-49(37-46)61(55-26-14-25-52-51-33-31-48(39-57(51)63-60(52)55)42-19-9-3-10-20-42)54-36-35-50(45-21-11-4-12-22-45)59-58(54)53-34-32-47(38-56(53)62-59)41-17-7-2-8-18-41/h1-39H. The van der Waals surface area contributed by atoms with Crippen LogP contribution < -0.4 is 4.90 Å². The summed E-state index contributed by atoms with van der Waals surface area (Å²) in [7, 11) is 0. The Hall–Kier alpha value is -7.98. The van der Waals surface area contributed by atoms with Crippen molar-refractivity contribution in [3.05, 3.63) is 237 Å². The number of benzene rings is 10. The third-order valence-corrected chi connectivity index (χ3v) is 13.5. The molecule has 296 valence electrons. The summed E-state index contributed by atoms with van der Waals surface area (Å²) in [4.78, 5) is 2.47. The van der Waals surface area contributed by atoms with Gasteiger partial charge in [-0.3, -0.25) is 0 Å². The minimum absolute atomic E-state index is 0.858. The van der Waals surface area contributed by atoms with Crippen LogP contribution in [0, 0.1) is 0 Å². The van der Waals surface area contributed by atoms with E-state index in [4.69, 9.17) is 4.42 Å². The van der Waals surface area contributed by atoms with E-state index in [0.29, 0.717) is 0 Å². The highest BCUT2D eigenvalue weighted by Crippen LogP contribution is 2.50. The van der Waals surface area contributed by atoms with E-state index < -0.39 is 0 Å². The van der Waals surface area contributed by atoms with E-state index in [-0.39, 0.29) is 0 Å². The van der Waals surface area contributed by atoms with Crippen LogP contribution in [0.25, 0.3) is 97.7 Å². The van der Waals surface area contributed by atoms with Crippen LogP contribution in [0.4, 0.5) is 17.1 Å². The number of furan rings is 1. The molecule has 12 aromatic rings. The molecule has 0 aliphatic carbocycles. The predicted molar refractivity (Wildman–Crippen MR) is 268 cm³/mol. The molecular weight excluding hydrogens is 783 g/mol. The van der Waals surface area contributed by atoms with Crippen molar-refractivity contribution in [1.82, 2.24) is 0 Å². The lowest BCUT2D eigenvalue weighted by Crippen LogP contribution is -2.10. The van der Waals surface area contributed by atoms with E-state index in [1.807, 2.05) is 11.3 Å². The number of hydrogen-bond acceptors (Lipinski definition) is 3. The molecule has 3 heteroatoms. The van der Waals surface area contributed by atoms with Crippen LogP contribution in [-0.2, 0) is 0 Å². The van der Waals surface area contributed by atoms with Gasteiger partial charge >= 0.3 is 0 Å². The second-order valence-electron chi connectivity index (χ2n) is 16.0. The molecule has 0 fully saturated rings. The van der Waals surface area contributed by atoms with Crippen LogP contribution >= 0.6 is 11.3 Å². The Morgan fingerprint density at radius 2 is 0.841 bits per heavy atom. The minimum atomic E-state index is 0.858. The first kappa shape index (κ1) is 36.8. The van der Waals surface area contributed by atoms with Gasteiger partial charge in [-0.1, -0.05) is 188 Å². The van der Waals surface area contributed by atoms with E-state index in [1.165, 1.54) is 42.4 Å². The molecule has 10 aromatic carbocycles. The summed E-state index contributed by atoms with van der Waals surface area (Å²) < 4.78 is 9.56. The lowest BCUT2D eigenvalue weighted by atomic mass is 9.98. The summed E-state index contributed by atoms with van der Waals surface area (Å²) in [5, 5.41) is 4.65. The van der Waals surface area contributed by atoms with Gasteiger partial charge in [0.1, 0.15) is 11.2 Å². The number of hydrogen-bond donors (Lipinski definition) is 0. The Kier molecular flexibility index (Phi) is 9.06. The summed E-state index contributed by atoms with van der Waals surface area (Å²) in [5.41, 5.74) is 16.6. The zero-order valence-corrected chi connectivity index (χ0v) is 35.1. The number of rotatable bonds is 8. The summed E-state index contributed by atoms with van der Waals surface area (Å²) in [5.74, 6) is 0. The monoisotopic (exact) mass is 821 g/mol. The molecule has 0 N–H and O–H groups in total. The van der Waals surface area contributed by atoms with Crippen LogP contribution in [-0.4, -0.2) is 0 Å². The smallest absolute Gasteiger partial charge is 0.145 e. The van der Waals surface area contributed by atoms with Gasteiger partial charge in [0.15, 0.2) is 0 Å². The fraction of sp³-hybridized carbons (Fsp3) is 0. The zero-order valence-electron chi connectivity index (χ0n) is 34.3. The molecule has 0 aliphatic rings. The second kappa shape index (κ2) is 15.5. The van der Waals surface area contributed by atoms with E-state index in [1.54, 1.807) is 0 Å². The van der Waals surface area contributed by atoms with Crippen molar-refractivity contribution in [2.75, 3.05) is 4.90 Å². The predicted octanol–water partition coefficient (Wildman–Crippen LogP) is 17.8. The number of thiophene rings is 1. The maximum Gasteiger partial charge on any atom is 0.145 e. The first-order valence-electron chi connectivity index (χ1n) is 21.4. The van der Waals surface area contributed by atoms with Crippen LogP contribution in [0.15, 0.2) is 241 Å². The molecule has 2 aromatic heterocycles. The number of nitrogens with zero attached hydrogens (tertiary/aromatic N) is 1. The zero-order chi connectivity index (χ0) is 41.7. The van der Waals surface area contributed by atoms with Crippen molar-refractivity contribution < 1.29 is 4.42 Å². The summed E-state index contributed by atoms with van der Waals surface area (Å²) >= 11 is 1.86. The molecule has 2 heterocycles. The Morgan fingerprint density at radius 1 is 0.333 bits per heavy atom. The molecule has 0 radical (unpaired) electrons. The fourth-order valence-corrected chi connectivity index (χ4v) is 10.4. The topological polar surface area (TPSA) is 16.4 Å². The highest BCUT2D eigenvalue weighted by atomic mass is 32.1. The van der Waals surface area contributed by atoms with Crippen LogP contribution in [0.2, 0.25) is 0 Å². The SMILES string of the molecule is c1ccc(-c2ccc(-c3cccc(N(c4cccc5c4sc4cc(-c6ccccc6)ccc45)c4ccc(-c5ccccc5)c5oc6cc(-c7ccccc7)ccc6c45)c3)cc2)cc1. The van der Waals surface area contributed by atoms with Crippen LogP contribution in [0.5, 0.6) is 0 Å². The van der Waals surface area contributed by atoms with E-state index in [2.05, 4.69) is 241 Å². The van der Waals surface area contributed by atoms with Gasteiger partial charge < -0.3 is 9.32 Å². The minimum Gasteiger partial charge on any atom is -0.455 e. The molecular formula is C60H39NOS. The lowest BCUT2D eigenvalue weighted by molar-refractivity contribution is 0.670. The van der Waals surface area contributed by atoms with Crippen molar-refractivity contribution in [2.45, 2.75) is 0 Å². The Bertz CT molecular complexity index is 3590. The van der Waals surface area contributed by atoms with Gasteiger partial charge in [0.2, 0.25) is 0 Å². The molecule has 12 rings (SSSR count). The van der Waals surface area contributed by atoms with Gasteiger partial charge in [0.25, 0.3) is 0 Å². The van der Waals surface area contributed by atoms with Crippen molar-refractivity contribution in [3.63, 3.8) is 0 Å². The van der Waals surface area contributed by atoms with Gasteiger partial charge in [-0.15, -0.1) is 11.3 Å². The molecule has 0 bridgehead atoms. The third-order valence-electron chi connectivity index (χ3n) is 12.3. The normalized spacial score (nSPS) is 11.5. The Labute approximate surface area is 370 Å². The van der Waals surface area contributed by atoms with Crippen LogP contribution in [0.3, 0.4) is 0 Å². The average Bonchev–Trinajstić information content (AvgIpc) is 3.94. The molecule has 0 saturated carbocycles. The highest BCUT2D eigenvalue weighted by molar-refractivity contribution is 7.26. The van der Waals surface area contributed by atoms with E-state index >= 15 is 0 Å². The van der Waals surface area contributed by atoms with Gasteiger partial charge in [0, 0.05) is 32.1 Å². The summed E-state index contributed by atoms with van der Waals surface area (Å²) in [6.45, 7) is 0. The van der Waals surface area contributed by atoms with Gasteiger partial charge in [-0.25, -0.2) is 0 Å². The maximum atomic E-state index is 7.07. The molecule has 0 atom stereocenters. The average molecular weight is 822 g/mol.